The monoisotopic (exact) mass is 272 g/mol. The Kier molecular flexibility index (Phi) is 4.17. The molecular weight excluding hydrogens is 261 g/mol. The molecule has 1 aromatic carbocycles. The molecule has 0 fully saturated rings. The van der Waals surface area contributed by atoms with E-state index in [0.717, 1.165) is 0 Å². The summed E-state index contributed by atoms with van der Waals surface area (Å²) in [5.41, 5.74) is -2.34. The quantitative estimate of drug-likeness (QED) is 0.879. The van der Waals surface area contributed by atoms with Crippen LogP contribution in [0.5, 0.6) is 0 Å². The summed E-state index contributed by atoms with van der Waals surface area (Å²) in [6, 6.07) is 7.77. The molecule has 0 aliphatic carbocycles. The topological polar surface area (TPSA) is 73.1 Å². The third-order valence-electron chi connectivity index (χ3n) is 2.70. The molecule has 7 heteroatoms. The van der Waals surface area contributed by atoms with Gasteiger partial charge in [-0.1, -0.05) is 12.1 Å². The lowest BCUT2D eigenvalue weighted by molar-refractivity contribution is -0.206. The first-order valence-corrected chi connectivity index (χ1v) is 5.25. The Morgan fingerprint density at radius 3 is 2.58 bits per heavy atom. The van der Waals surface area contributed by atoms with Crippen molar-refractivity contribution >= 4 is 5.97 Å². The molecule has 0 bridgehead atoms. The highest BCUT2D eigenvalue weighted by Crippen LogP contribution is 2.30. The van der Waals surface area contributed by atoms with Crippen LogP contribution in [0.25, 0.3) is 0 Å². The van der Waals surface area contributed by atoms with Gasteiger partial charge in [0.15, 0.2) is 0 Å². The number of benzene rings is 1. The van der Waals surface area contributed by atoms with Gasteiger partial charge in [-0.3, -0.25) is 5.32 Å². The molecule has 0 saturated carbocycles. The molecule has 0 heterocycles. The molecule has 1 atom stereocenters. The maximum Gasteiger partial charge on any atom is 0.417 e. The van der Waals surface area contributed by atoms with Crippen molar-refractivity contribution in [3.63, 3.8) is 0 Å². The first kappa shape index (κ1) is 15.0. The lowest BCUT2D eigenvalue weighted by Crippen LogP contribution is -2.59. The van der Waals surface area contributed by atoms with Gasteiger partial charge in [-0.2, -0.15) is 18.4 Å². The zero-order valence-corrected chi connectivity index (χ0v) is 9.95. The van der Waals surface area contributed by atoms with Crippen molar-refractivity contribution in [1.29, 1.82) is 5.26 Å². The molecule has 0 spiro atoms. The van der Waals surface area contributed by atoms with Crippen LogP contribution in [0.2, 0.25) is 0 Å². The molecule has 0 amide bonds. The summed E-state index contributed by atoms with van der Waals surface area (Å²) in [6.07, 6.45) is -4.92. The van der Waals surface area contributed by atoms with E-state index in [4.69, 9.17) is 10.4 Å². The fraction of sp³-hybridized carbons (Fsp3) is 0.333. The average Bonchev–Trinajstić information content (AvgIpc) is 2.34. The highest BCUT2D eigenvalue weighted by Gasteiger charge is 2.57. The van der Waals surface area contributed by atoms with E-state index in [9.17, 15) is 18.0 Å². The second-order valence-corrected chi connectivity index (χ2v) is 4.09. The zero-order chi connectivity index (χ0) is 14.7. The highest BCUT2D eigenvalue weighted by molar-refractivity contribution is 5.79. The second kappa shape index (κ2) is 5.28. The largest absolute Gasteiger partial charge is 0.480 e. The average molecular weight is 272 g/mol. The van der Waals surface area contributed by atoms with Gasteiger partial charge >= 0.3 is 12.1 Å². The second-order valence-electron chi connectivity index (χ2n) is 4.09. The van der Waals surface area contributed by atoms with E-state index < -0.39 is 17.7 Å². The number of halogens is 3. The summed E-state index contributed by atoms with van der Waals surface area (Å²) < 4.78 is 38.1. The molecule has 0 aromatic heterocycles. The minimum Gasteiger partial charge on any atom is -0.480 e. The Labute approximate surface area is 107 Å². The van der Waals surface area contributed by atoms with Crippen LogP contribution in [0.4, 0.5) is 13.2 Å². The van der Waals surface area contributed by atoms with Crippen molar-refractivity contribution in [2.75, 3.05) is 0 Å². The van der Waals surface area contributed by atoms with Crippen LogP contribution >= 0.6 is 0 Å². The lowest BCUT2D eigenvalue weighted by atomic mass is 10.0. The van der Waals surface area contributed by atoms with E-state index in [1.54, 1.807) is 0 Å². The lowest BCUT2D eigenvalue weighted by Gasteiger charge is -2.28. The van der Waals surface area contributed by atoms with Gasteiger partial charge in [0.25, 0.3) is 0 Å². The van der Waals surface area contributed by atoms with Crippen LogP contribution in [-0.4, -0.2) is 22.8 Å². The van der Waals surface area contributed by atoms with Crippen molar-refractivity contribution in [3.05, 3.63) is 35.4 Å². The summed E-state index contributed by atoms with van der Waals surface area (Å²) in [6.45, 7) is 0.251. The number of hydrogen-bond acceptors (Lipinski definition) is 3. The highest BCUT2D eigenvalue weighted by atomic mass is 19.4. The fourth-order valence-electron chi connectivity index (χ4n) is 1.33. The van der Waals surface area contributed by atoms with Gasteiger partial charge in [0.1, 0.15) is 0 Å². The number of carboxylic acids is 1. The number of aliphatic carboxylic acids is 1. The van der Waals surface area contributed by atoms with Gasteiger partial charge in [0.2, 0.25) is 5.54 Å². The van der Waals surface area contributed by atoms with Crippen molar-refractivity contribution < 1.29 is 23.1 Å². The third-order valence-corrected chi connectivity index (χ3v) is 2.70. The van der Waals surface area contributed by atoms with Gasteiger partial charge < -0.3 is 5.11 Å². The third kappa shape index (κ3) is 3.23. The summed E-state index contributed by atoms with van der Waals surface area (Å²) in [5.74, 6) is -2.00. The van der Waals surface area contributed by atoms with Crippen LogP contribution in [0.1, 0.15) is 18.1 Å². The molecule has 2 N–H and O–H groups in total. The Bertz CT molecular complexity index is 522. The molecule has 0 aliphatic rings. The summed E-state index contributed by atoms with van der Waals surface area (Å²) in [5, 5.41) is 19.3. The van der Waals surface area contributed by atoms with Crippen LogP contribution in [0.15, 0.2) is 24.3 Å². The first-order valence-electron chi connectivity index (χ1n) is 5.25. The van der Waals surface area contributed by atoms with E-state index in [1.807, 2.05) is 11.4 Å². The summed E-state index contributed by atoms with van der Waals surface area (Å²) in [4.78, 5) is 10.8. The van der Waals surface area contributed by atoms with Crippen molar-refractivity contribution in [3.8, 4) is 6.07 Å². The summed E-state index contributed by atoms with van der Waals surface area (Å²) in [7, 11) is 0. The molecule has 0 radical (unpaired) electrons. The normalized spacial score (nSPS) is 14.5. The zero-order valence-electron chi connectivity index (χ0n) is 9.95. The molecule has 0 saturated heterocycles. The first-order chi connectivity index (χ1) is 8.70. The molecule has 19 heavy (non-hydrogen) atoms. The molecular formula is C12H11F3N2O2. The maximum absolute atomic E-state index is 12.7. The molecule has 1 rings (SSSR count). The fourth-order valence-corrected chi connectivity index (χ4v) is 1.33. The van der Waals surface area contributed by atoms with Crippen LogP contribution in [0, 0.1) is 11.3 Å². The molecule has 4 nitrogen and oxygen atoms in total. The predicted octanol–water partition coefficient (Wildman–Crippen LogP) is 2.05. The Balaban J connectivity index is 2.89. The van der Waals surface area contributed by atoms with Gasteiger partial charge in [-0.15, -0.1) is 0 Å². The van der Waals surface area contributed by atoms with E-state index in [2.05, 4.69) is 0 Å². The minimum absolute atomic E-state index is 0.295. The number of carboxylic acid groups (broad SMARTS) is 1. The number of rotatable bonds is 4. The molecule has 1 unspecified atom stereocenters. The maximum atomic E-state index is 12.7. The Hall–Kier alpha value is -2.07. The number of nitrogens with one attached hydrogen (secondary N) is 1. The van der Waals surface area contributed by atoms with Gasteiger partial charge in [0.05, 0.1) is 11.6 Å². The van der Waals surface area contributed by atoms with Crippen LogP contribution in [-0.2, 0) is 11.3 Å². The van der Waals surface area contributed by atoms with Gasteiger partial charge in [-0.05, 0) is 24.6 Å². The van der Waals surface area contributed by atoms with E-state index in [-0.39, 0.29) is 6.54 Å². The van der Waals surface area contributed by atoms with E-state index in [0.29, 0.717) is 18.1 Å². The van der Waals surface area contributed by atoms with E-state index >= 15 is 0 Å². The van der Waals surface area contributed by atoms with Crippen LogP contribution in [0.3, 0.4) is 0 Å². The molecule has 102 valence electrons. The van der Waals surface area contributed by atoms with E-state index in [1.165, 1.54) is 24.3 Å². The van der Waals surface area contributed by atoms with Gasteiger partial charge in [-0.25, -0.2) is 4.79 Å². The number of nitrogens with zero attached hydrogens (tertiary/aromatic N) is 1. The Morgan fingerprint density at radius 2 is 2.11 bits per heavy atom. The minimum atomic E-state index is -4.92. The number of nitriles is 1. The van der Waals surface area contributed by atoms with Crippen molar-refractivity contribution in [2.24, 2.45) is 0 Å². The SMILES string of the molecule is CC(NCc1cccc(C#N)c1)(C(=O)O)C(F)(F)F. The number of hydrogen-bond donors (Lipinski definition) is 2. The van der Waals surface area contributed by atoms with Crippen LogP contribution < -0.4 is 5.32 Å². The predicted molar refractivity (Wildman–Crippen MR) is 60.1 cm³/mol. The van der Waals surface area contributed by atoms with Crippen molar-refractivity contribution in [2.45, 2.75) is 25.2 Å². The Morgan fingerprint density at radius 1 is 1.47 bits per heavy atom. The van der Waals surface area contributed by atoms with Crippen molar-refractivity contribution in [1.82, 2.24) is 5.32 Å². The number of alkyl halides is 3. The molecule has 0 aliphatic heterocycles. The van der Waals surface area contributed by atoms with Gasteiger partial charge in [0, 0.05) is 6.54 Å². The number of carbonyl (C=O) groups is 1. The smallest absolute Gasteiger partial charge is 0.417 e. The molecule has 1 aromatic rings. The summed E-state index contributed by atoms with van der Waals surface area (Å²) >= 11 is 0. The standard InChI is InChI=1S/C12H11F3N2O2/c1-11(10(18)19,12(13,14)15)17-7-9-4-2-3-8(5-9)6-16/h2-5,17H,7H2,1H3,(H,18,19).